The van der Waals surface area contributed by atoms with Crippen LogP contribution in [0.25, 0.3) is 5.57 Å². The second kappa shape index (κ2) is 9.55. The molecule has 35 heavy (non-hydrogen) atoms. The van der Waals surface area contributed by atoms with E-state index in [0.717, 1.165) is 25.7 Å². The molecule has 0 spiro atoms. The van der Waals surface area contributed by atoms with Crippen LogP contribution >= 0.6 is 0 Å². The molecule has 6 atom stereocenters. The molecule has 0 unspecified atom stereocenters. The van der Waals surface area contributed by atoms with Crippen LogP contribution in [-0.4, -0.2) is 29.6 Å². The summed E-state index contributed by atoms with van der Waals surface area (Å²) in [5.74, 6) is 1.64. The van der Waals surface area contributed by atoms with Crippen LogP contribution in [0.2, 0.25) is 0 Å². The van der Waals surface area contributed by atoms with Crippen LogP contribution in [0.15, 0.2) is 42.3 Å². The van der Waals surface area contributed by atoms with Gasteiger partial charge in [-0.15, -0.1) is 0 Å². The van der Waals surface area contributed by atoms with Gasteiger partial charge in [-0.3, -0.25) is 14.6 Å². The molecule has 0 bridgehead atoms. The molecule has 5 heteroatoms. The molecule has 0 amide bonds. The Balaban J connectivity index is 1.24. The zero-order chi connectivity index (χ0) is 24.6. The van der Waals surface area contributed by atoms with Crippen molar-refractivity contribution in [2.75, 3.05) is 6.61 Å². The van der Waals surface area contributed by atoms with Crippen molar-refractivity contribution in [1.82, 2.24) is 4.98 Å². The van der Waals surface area contributed by atoms with Crippen LogP contribution in [0.5, 0.6) is 0 Å². The number of rotatable bonds is 6. The maximum Gasteiger partial charge on any atom is 0.306 e. The van der Waals surface area contributed by atoms with Gasteiger partial charge >= 0.3 is 11.9 Å². The molecule has 2 saturated carbocycles. The van der Waals surface area contributed by atoms with E-state index in [9.17, 15) is 9.59 Å². The van der Waals surface area contributed by atoms with Crippen molar-refractivity contribution in [3.63, 3.8) is 0 Å². The summed E-state index contributed by atoms with van der Waals surface area (Å²) in [6, 6.07) is 4.28. The Morgan fingerprint density at radius 1 is 1.09 bits per heavy atom. The second-order valence-corrected chi connectivity index (χ2v) is 11.6. The van der Waals surface area contributed by atoms with Gasteiger partial charge in [-0.05, 0) is 90.7 Å². The van der Waals surface area contributed by atoms with Crippen LogP contribution in [0.4, 0.5) is 0 Å². The minimum absolute atomic E-state index is 0.0220. The van der Waals surface area contributed by atoms with Crippen molar-refractivity contribution in [2.24, 2.45) is 28.6 Å². The SMILES string of the molecule is CC(=O)OCCCC(=O)O[C@H]1CC[C@@]2(C)C(=CC[C@@H]3[C@@H]2CC[C@]2(C)C(c4cccnc4)=CC[C@@H]32)C1. The highest BCUT2D eigenvalue weighted by Gasteiger charge is 2.57. The maximum atomic E-state index is 12.3. The molecule has 0 saturated heterocycles. The van der Waals surface area contributed by atoms with E-state index in [4.69, 9.17) is 9.47 Å². The van der Waals surface area contributed by atoms with Crippen molar-refractivity contribution < 1.29 is 19.1 Å². The van der Waals surface area contributed by atoms with Gasteiger partial charge in [0.25, 0.3) is 0 Å². The molecule has 0 N–H and O–H groups in total. The third kappa shape index (κ3) is 4.47. The number of carbonyl (C=O) groups is 2. The zero-order valence-electron chi connectivity index (χ0n) is 21.4. The Morgan fingerprint density at radius 3 is 2.69 bits per heavy atom. The molecule has 0 radical (unpaired) electrons. The Bertz CT molecular complexity index is 1030. The van der Waals surface area contributed by atoms with Gasteiger partial charge in [0, 0.05) is 32.2 Å². The largest absolute Gasteiger partial charge is 0.466 e. The van der Waals surface area contributed by atoms with Gasteiger partial charge in [0.15, 0.2) is 0 Å². The Morgan fingerprint density at radius 2 is 1.91 bits per heavy atom. The third-order valence-electron chi connectivity index (χ3n) is 9.74. The Labute approximate surface area is 209 Å². The normalized spacial score (nSPS) is 35.6. The number of aromatic nitrogens is 1. The van der Waals surface area contributed by atoms with Crippen molar-refractivity contribution in [1.29, 1.82) is 0 Å². The molecule has 0 aliphatic heterocycles. The predicted octanol–water partition coefficient (Wildman–Crippen LogP) is 6.29. The second-order valence-electron chi connectivity index (χ2n) is 11.6. The molecule has 4 aliphatic rings. The number of nitrogens with zero attached hydrogens (tertiary/aromatic N) is 1. The highest BCUT2D eigenvalue weighted by molar-refractivity contribution is 5.72. The topological polar surface area (TPSA) is 65.5 Å². The molecule has 1 heterocycles. The van der Waals surface area contributed by atoms with Crippen molar-refractivity contribution >= 4 is 17.5 Å². The van der Waals surface area contributed by atoms with Gasteiger partial charge in [-0.2, -0.15) is 0 Å². The zero-order valence-corrected chi connectivity index (χ0v) is 21.4. The summed E-state index contributed by atoms with van der Waals surface area (Å²) in [4.78, 5) is 27.6. The van der Waals surface area contributed by atoms with Crippen LogP contribution in [-0.2, 0) is 19.1 Å². The lowest BCUT2D eigenvalue weighted by atomic mass is 9.47. The number of ether oxygens (including phenoxy) is 2. The highest BCUT2D eigenvalue weighted by atomic mass is 16.5. The van der Waals surface area contributed by atoms with Crippen LogP contribution < -0.4 is 0 Å². The van der Waals surface area contributed by atoms with E-state index in [-0.39, 0.29) is 35.5 Å². The monoisotopic (exact) mass is 477 g/mol. The van der Waals surface area contributed by atoms with E-state index in [1.54, 1.807) is 0 Å². The summed E-state index contributed by atoms with van der Waals surface area (Å²) in [6.07, 6.45) is 17.4. The molecular weight excluding hydrogens is 438 g/mol. The molecule has 4 aliphatic carbocycles. The summed E-state index contributed by atoms with van der Waals surface area (Å²) in [6.45, 7) is 6.65. The van der Waals surface area contributed by atoms with Gasteiger partial charge in [-0.25, -0.2) is 0 Å². The fourth-order valence-corrected chi connectivity index (χ4v) is 7.94. The average Bonchev–Trinajstić information content (AvgIpc) is 3.20. The van der Waals surface area contributed by atoms with Gasteiger partial charge in [-0.1, -0.05) is 37.6 Å². The predicted molar refractivity (Wildman–Crippen MR) is 135 cm³/mol. The molecule has 0 aromatic carbocycles. The number of allylic oxidation sites excluding steroid dienone is 3. The first-order valence-electron chi connectivity index (χ1n) is 13.4. The smallest absolute Gasteiger partial charge is 0.306 e. The number of carbonyl (C=O) groups excluding carboxylic acids is 2. The Kier molecular flexibility index (Phi) is 6.63. The van der Waals surface area contributed by atoms with E-state index in [2.05, 4.69) is 43.1 Å². The molecule has 1 aromatic rings. The minimum Gasteiger partial charge on any atom is -0.466 e. The first kappa shape index (κ1) is 24.3. The first-order chi connectivity index (χ1) is 16.8. The third-order valence-corrected chi connectivity index (χ3v) is 9.74. The lowest BCUT2D eigenvalue weighted by molar-refractivity contribution is -0.152. The van der Waals surface area contributed by atoms with Crippen molar-refractivity contribution in [3.05, 3.63) is 47.8 Å². The number of fused-ring (bicyclic) bond motifs is 5. The number of hydrogen-bond donors (Lipinski definition) is 0. The number of hydrogen-bond acceptors (Lipinski definition) is 5. The molecule has 1 aromatic heterocycles. The van der Waals surface area contributed by atoms with Crippen LogP contribution in [0.3, 0.4) is 0 Å². The van der Waals surface area contributed by atoms with Gasteiger partial charge < -0.3 is 9.47 Å². The highest BCUT2D eigenvalue weighted by Crippen LogP contribution is 2.66. The summed E-state index contributed by atoms with van der Waals surface area (Å²) < 4.78 is 10.8. The summed E-state index contributed by atoms with van der Waals surface area (Å²) in [7, 11) is 0. The van der Waals surface area contributed by atoms with Crippen molar-refractivity contribution in [2.45, 2.75) is 84.7 Å². The summed E-state index contributed by atoms with van der Waals surface area (Å²) in [5.41, 5.74) is 4.79. The average molecular weight is 478 g/mol. The van der Waals surface area contributed by atoms with E-state index in [1.807, 2.05) is 12.4 Å². The molecule has 2 fully saturated rings. The van der Waals surface area contributed by atoms with E-state index < -0.39 is 0 Å². The minimum atomic E-state index is -0.308. The fourth-order valence-electron chi connectivity index (χ4n) is 7.94. The molecular formula is C30H39NO4. The van der Waals surface area contributed by atoms with E-state index >= 15 is 0 Å². The van der Waals surface area contributed by atoms with Gasteiger partial charge in [0.2, 0.25) is 0 Å². The fraction of sp³-hybridized carbons (Fsp3) is 0.633. The summed E-state index contributed by atoms with van der Waals surface area (Å²) in [5, 5.41) is 0. The van der Waals surface area contributed by atoms with Crippen LogP contribution in [0, 0.1) is 28.6 Å². The van der Waals surface area contributed by atoms with Gasteiger partial charge in [0.05, 0.1) is 6.61 Å². The standard InChI is InChI=1S/C30H39NO4/c1-20(32)34-17-5-7-28(33)35-23-12-14-29(2)22(18-23)8-9-24-26-11-10-25(21-6-4-16-31-19-21)30(26,3)15-13-27(24)29/h4,6,8,10,16,19,23-24,26-27H,5,7,9,11-15,17-18H2,1-3H3/t23-,24-,26-,27-,29-,30+/m0/s1. The lowest BCUT2D eigenvalue weighted by Crippen LogP contribution is -2.50. The number of esters is 2. The van der Waals surface area contributed by atoms with Gasteiger partial charge in [0.1, 0.15) is 6.10 Å². The lowest BCUT2D eigenvalue weighted by Gasteiger charge is -2.57. The van der Waals surface area contributed by atoms with Crippen molar-refractivity contribution in [3.8, 4) is 0 Å². The number of pyridine rings is 1. The Hall–Kier alpha value is -2.43. The molecule has 5 rings (SSSR count). The molecule has 188 valence electrons. The van der Waals surface area contributed by atoms with E-state index in [0.29, 0.717) is 30.6 Å². The molecule has 5 nitrogen and oxygen atoms in total. The van der Waals surface area contributed by atoms with Crippen LogP contribution in [0.1, 0.15) is 84.1 Å². The summed E-state index contributed by atoms with van der Waals surface area (Å²) >= 11 is 0. The maximum absolute atomic E-state index is 12.3. The van der Waals surface area contributed by atoms with E-state index in [1.165, 1.54) is 42.9 Å². The first-order valence-corrected chi connectivity index (χ1v) is 13.4. The quantitative estimate of drug-likeness (QED) is 0.274.